The largest absolute Gasteiger partial charge is 0.490 e. The number of benzene rings is 1. The molecular formula is C15H24ClNO2. The SMILES string of the molecule is COCCC(C)Oc1cccc(Cl)c1CNC(C)C. The zero-order valence-corrected chi connectivity index (χ0v) is 13.0. The lowest BCUT2D eigenvalue weighted by molar-refractivity contribution is 0.134. The molecule has 0 heterocycles. The molecule has 0 fully saturated rings. The van der Waals surface area contributed by atoms with Crippen LogP contribution in [-0.4, -0.2) is 25.9 Å². The van der Waals surface area contributed by atoms with Gasteiger partial charge in [0.2, 0.25) is 0 Å². The Morgan fingerprint density at radius 1 is 1.26 bits per heavy atom. The molecule has 0 radical (unpaired) electrons. The molecule has 0 spiro atoms. The molecule has 0 bridgehead atoms. The molecule has 0 saturated carbocycles. The van der Waals surface area contributed by atoms with E-state index in [0.29, 0.717) is 19.2 Å². The molecule has 1 aromatic rings. The number of hydrogen-bond donors (Lipinski definition) is 1. The summed E-state index contributed by atoms with van der Waals surface area (Å²) >= 11 is 6.26. The molecule has 0 aliphatic rings. The number of nitrogens with one attached hydrogen (secondary N) is 1. The molecule has 0 saturated heterocycles. The van der Waals surface area contributed by atoms with E-state index < -0.39 is 0 Å². The number of halogens is 1. The van der Waals surface area contributed by atoms with E-state index in [-0.39, 0.29) is 6.10 Å². The number of ether oxygens (including phenoxy) is 2. The zero-order valence-electron chi connectivity index (χ0n) is 12.2. The van der Waals surface area contributed by atoms with Gasteiger partial charge in [-0.3, -0.25) is 0 Å². The van der Waals surface area contributed by atoms with Crippen LogP contribution in [0.3, 0.4) is 0 Å². The standard InChI is InChI=1S/C15H24ClNO2/c1-11(2)17-10-13-14(16)6-5-7-15(13)19-12(3)8-9-18-4/h5-7,11-12,17H,8-10H2,1-4H3. The summed E-state index contributed by atoms with van der Waals surface area (Å²) in [6.45, 7) is 7.67. The van der Waals surface area contributed by atoms with Gasteiger partial charge in [-0.15, -0.1) is 0 Å². The lowest BCUT2D eigenvalue weighted by Crippen LogP contribution is -2.23. The maximum absolute atomic E-state index is 6.26. The molecule has 108 valence electrons. The van der Waals surface area contributed by atoms with Crippen LogP contribution in [0.2, 0.25) is 5.02 Å². The van der Waals surface area contributed by atoms with Crippen LogP contribution >= 0.6 is 11.6 Å². The Kier molecular flexibility index (Phi) is 7.21. The summed E-state index contributed by atoms with van der Waals surface area (Å²) in [5, 5.41) is 4.11. The zero-order chi connectivity index (χ0) is 14.3. The minimum Gasteiger partial charge on any atom is -0.490 e. The van der Waals surface area contributed by atoms with Gasteiger partial charge >= 0.3 is 0 Å². The van der Waals surface area contributed by atoms with Crippen LogP contribution in [0.1, 0.15) is 32.8 Å². The van der Waals surface area contributed by atoms with Crippen molar-refractivity contribution in [3.8, 4) is 5.75 Å². The Morgan fingerprint density at radius 2 is 2.00 bits per heavy atom. The van der Waals surface area contributed by atoms with E-state index in [4.69, 9.17) is 21.1 Å². The summed E-state index contributed by atoms with van der Waals surface area (Å²) in [7, 11) is 1.70. The first kappa shape index (κ1) is 16.3. The van der Waals surface area contributed by atoms with E-state index >= 15 is 0 Å². The fraction of sp³-hybridized carbons (Fsp3) is 0.600. The molecular weight excluding hydrogens is 262 g/mol. The molecule has 19 heavy (non-hydrogen) atoms. The summed E-state index contributed by atoms with van der Waals surface area (Å²) in [6.07, 6.45) is 0.969. The van der Waals surface area contributed by atoms with Crippen LogP contribution in [0.25, 0.3) is 0 Å². The van der Waals surface area contributed by atoms with Crippen molar-refractivity contribution in [1.29, 1.82) is 0 Å². The Bertz CT molecular complexity index is 382. The van der Waals surface area contributed by atoms with Gasteiger partial charge in [0.25, 0.3) is 0 Å². The summed E-state index contributed by atoms with van der Waals surface area (Å²) < 4.78 is 11.0. The maximum atomic E-state index is 6.26. The topological polar surface area (TPSA) is 30.5 Å². The van der Waals surface area contributed by atoms with E-state index in [0.717, 1.165) is 22.8 Å². The monoisotopic (exact) mass is 285 g/mol. The van der Waals surface area contributed by atoms with Gasteiger partial charge in [-0.25, -0.2) is 0 Å². The summed E-state index contributed by atoms with van der Waals surface area (Å²) in [4.78, 5) is 0. The van der Waals surface area contributed by atoms with Gasteiger partial charge in [0.05, 0.1) is 6.10 Å². The van der Waals surface area contributed by atoms with Crippen LogP contribution in [-0.2, 0) is 11.3 Å². The highest BCUT2D eigenvalue weighted by Gasteiger charge is 2.11. The summed E-state index contributed by atoms with van der Waals surface area (Å²) in [6, 6.07) is 6.19. The molecule has 0 aliphatic carbocycles. The van der Waals surface area contributed by atoms with Gasteiger partial charge in [-0.2, -0.15) is 0 Å². The molecule has 3 nitrogen and oxygen atoms in total. The third-order valence-corrected chi connectivity index (χ3v) is 3.17. The Hall–Kier alpha value is -0.770. The molecule has 1 aromatic carbocycles. The van der Waals surface area contributed by atoms with Gasteiger partial charge in [0, 0.05) is 43.3 Å². The van der Waals surface area contributed by atoms with Gasteiger partial charge in [0.15, 0.2) is 0 Å². The minimum atomic E-state index is 0.108. The van der Waals surface area contributed by atoms with Crippen molar-refractivity contribution >= 4 is 11.6 Å². The first-order chi connectivity index (χ1) is 9.04. The Morgan fingerprint density at radius 3 is 2.63 bits per heavy atom. The first-order valence-corrected chi connectivity index (χ1v) is 7.08. The van der Waals surface area contributed by atoms with Crippen molar-refractivity contribution in [1.82, 2.24) is 5.32 Å². The van der Waals surface area contributed by atoms with Crippen LogP contribution in [0, 0.1) is 0 Å². The normalized spacial score (nSPS) is 12.7. The van der Waals surface area contributed by atoms with Crippen LogP contribution in [0.5, 0.6) is 5.75 Å². The van der Waals surface area contributed by atoms with Crippen molar-refractivity contribution in [3.05, 3.63) is 28.8 Å². The highest BCUT2D eigenvalue weighted by atomic mass is 35.5. The number of hydrogen-bond acceptors (Lipinski definition) is 3. The lowest BCUT2D eigenvalue weighted by atomic mass is 10.2. The van der Waals surface area contributed by atoms with Crippen molar-refractivity contribution in [3.63, 3.8) is 0 Å². The third-order valence-electron chi connectivity index (χ3n) is 2.82. The third kappa shape index (κ3) is 5.81. The summed E-state index contributed by atoms with van der Waals surface area (Å²) in [5.74, 6) is 0.851. The predicted octanol–water partition coefficient (Wildman–Crippen LogP) is 3.64. The highest BCUT2D eigenvalue weighted by molar-refractivity contribution is 6.31. The fourth-order valence-corrected chi connectivity index (χ4v) is 1.92. The predicted molar refractivity (Wildman–Crippen MR) is 80.0 cm³/mol. The van der Waals surface area contributed by atoms with Gasteiger partial charge < -0.3 is 14.8 Å². The Labute approximate surface area is 121 Å². The minimum absolute atomic E-state index is 0.108. The second kappa shape index (κ2) is 8.41. The van der Waals surface area contributed by atoms with E-state index in [2.05, 4.69) is 19.2 Å². The van der Waals surface area contributed by atoms with E-state index in [9.17, 15) is 0 Å². The van der Waals surface area contributed by atoms with Crippen LogP contribution in [0.15, 0.2) is 18.2 Å². The second-order valence-electron chi connectivity index (χ2n) is 4.96. The molecule has 0 aromatic heterocycles. The van der Waals surface area contributed by atoms with Gasteiger partial charge in [0.1, 0.15) is 5.75 Å². The molecule has 1 unspecified atom stereocenters. The van der Waals surface area contributed by atoms with E-state index in [1.54, 1.807) is 7.11 Å². The van der Waals surface area contributed by atoms with Crippen molar-refractivity contribution < 1.29 is 9.47 Å². The van der Waals surface area contributed by atoms with Crippen LogP contribution in [0.4, 0.5) is 0 Å². The number of methoxy groups -OCH3 is 1. The molecule has 1 N–H and O–H groups in total. The van der Waals surface area contributed by atoms with Crippen molar-refractivity contribution in [2.45, 2.75) is 45.9 Å². The maximum Gasteiger partial charge on any atom is 0.125 e. The molecule has 1 atom stereocenters. The fourth-order valence-electron chi connectivity index (χ4n) is 1.69. The molecule has 0 aliphatic heterocycles. The lowest BCUT2D eigenvalue weighted by Gasteiger charge is -2.19. The van der Waals surface area contributed by atoms with Crippen molar-refractivity contribution in [2.75, 3.05) is 13.7 Å². The Balaban J connectivity index is 2.73. The average molecular weight is 286 g/mol. The molecule has 0 amide bonds. The average Bonchev–Trinajstić information content (AvgIpc) is 2.35. The van der Waals surface area contributed by atoms with Crippen molar-refractivity contribution in [2.24, 2.45) is 0 Å². The summed E-state index contributed by atoms with van der Waals surface area (Å²) in [5.41, 5.74) is 1.02. The van der Waals surface area contributed by atoms with Gasteiger partial charge in [-0.05, 0) is 19.1 Å². The number of rotatable bonds is 8. The smallest absolute Gasteiger partial charge is 0.125 e. The quantitative estimate of drug-likeness (QED) is 0.791. The molecule has 1 rings (SSSR count). The van der Waals surface area contributed by atoms with E-state index in [1.807, 2.05) is 25.1 Å². The van der Waals surface area contributed by atoms with Gasteiger partial charge in [-0.1, -0.05) is 31.5 Å². The second-order valence-corrected chi connectivity index (χ2v) is 5.37. The van der Waals surface area contributed by atoms with Crippen LogP contribution < -0.4 is 10.1 Å². The first-order valence-electron chi connectivity index (χ1n) is 6.71. The molecule has 4 heteroatoms. The highest BCUT2D eigenvalue weighted by Crippen LogP contribution is 2.27. The van der Waals surface area contributed by atoms with E-state index in [1.165, 1.54) is 0 Å².